The molecule has 3 aliphatic rings. The molecule has 0 saturated carbocycles. The summed E-state index contributed by atoms with van der Waals surface area (Å²) in [5.41, 5.74) is 5.80. The maximum atomic E-state index is 13.4. The standard InChI is InChI=1S/C30H32ClN5O4/c1-18-23-4-2-3-21(17-37)24(23)7-10-36(18)27(38)16-35-15-20-6-5-19(13-25(20)29(35)39)28-26(31)14-32-30(34-28)33-22-8-11-40-12-9-22/h2-6,13-14,18,22,37H,7-12,15-17H2,1H3,(H,32,33,34). The van der Waals surface area contributed by atoms with Gasteiger partial charge in [-0.2, -0.15) is 0 Å². The van der Waals surface area contributed by atoms with Crippen LogP contribution in [0.3, 0.4) is 0 Å². The molecule has 2 amide bonds. The number of fused-ring (bicyclic) bond motifs is 2. The van der Waals surface area contributed by atoms with Crippen molar-refractivity contribution in [2.24, 2.45) is 0 Å². The summed E-state index contributed by atoms with van der Waals surface area (Å²) in [4.78, 5) is 39.2. The minimum absolute atomic E-state index is 0.00957. The number of benzene rings is 2. The Labute approximate surface area is 238 Å². The van der Waals surface area contributed by atoms with E-state index in [-0.39, 0.29) is 37.0 Å². The van der Waals surface area contributed by atoms with Gasteiger partial charge in [0.05, 0.1) is 29.6 Å². The zero-order valence-corrected chi connectivity index (χ0v) is 23.2. The van der Waals surface area contributed by atoms with Crippen LogP contribution in [-0.4, -0.2) is 69.0 Å². The number of rotatable bonds is 6. The highest BCUT2D eigenvalue weighted by Crippen LogP contribution is 2.34. The third kappa shape index (κ3) is 5.05. The molecular formula is C30H32ClN5O4. The van der Waals surface area contributed by atoms with Crippen LogP contribution in [0.25, 0.3) is 11.3 Å². The number of nitrogens with zero attached hydrogens (tertiary/aromatic N) is 4. The van der Waals surface area contributed by atoms with Gasteiger partial charge < -0.3 is 25.0 Å². The molecule has 208 valence electrons. The van der Waals surface area contributed by atoms with Crippen molar-refractivity contribution in [3.8, 4) is 11.3 Å². The number of carbonyl (C=O) groups is 2. The Kier molecular flexibility index (Phi) is 7.44. The van der Waals surface area contributed by atoms with Gasteiger partial charge in [0.15, 0.2) is 0 Å². The Morgan fingerprint density at radius 2 is 2.05 bits per heavy atom. The number of ether oxygens (including phenoxy) is 1. The summed E-state index contributed by atoms with van der Waals surface area (Å²) in [7, 11) is 0. The molecule has 3 aliphatic heterocycles. The highest BCUT2D eigenvalue weighted by molar-refractivity contribution is 6.33. The van der Waals surface area contributed by atoms with Crippen molar-refractivity contribution < 1.29 is 19.4 Å². The predicted molar refractivity (Wildman–Crippen MR) is 151 cm³/mol. The monoisotopic (exact) mass is 561 g/mol. The van der Waals surface area contributed by atoms with E-state index in [1.54, 1.807) is 11.1 Å². The third-order valence-corrected chi connectivity index (χ3v) is 8.48. The van der Waals surface area contributed by atoms with Gasteiger partial charge in [-0.3, -0.25) is 9.59 Å². The zero-order chi connectivity index (χ0) is 27.8. The van der Waals surface area contributed by atoms with Gasteiger partial charge in [-0.15, -0.1) is 0 Å². The van der Waals surface area contributed by atoms with E-state index in [0.29, 0.717) is 55.0 Å². The van der Waals surface area contributed by atoms with Crippen molar-refractivity contribution in [3.05, 3.63) is 75.4 Å². The summed E-state index contributed by atoms with van der Waals surface area (Å²) in [5.74, 6) is 0.230. The molecule has 10 heteroatoms. The van der Waals surface area contributed by atoms with Crippen molar-refractivity contribution in [3.63, 3.8) is 0 Å². The zero-order valence-electron chi connectivity index (χ0n) is 22.4. The van der Waals surface area contributed by atoms with E-state index >= 15 is 0 Å². The molecule has 0 aliphatic carbocycles. The Hall–Kier alpha value is -3.53. The highest BCUT2D eigenvalue weighted by Gasteiger charge is 2.34. The molecule has 40 heavy (non-hydrogen) atoms. The fourth-order valence-corrected chi connectivity index (χ4v) is 6.19. The first-order valence-corrected chi connectivity index (χ1v) is 14.1. The number of carbonyl (C=O) groups excluding carboxylic acids is 2. The van der Waals surface area contributed by atoms with E-state index in [1.165, 1.54) is 0 Å². The SMILES string of the molecule is CC1c2cccc(CO)c2CCN1C(=O)CN1Cc2ccc(-c3nc(NC4CCOCC4)ncc3Cl)cc2C1=O. The van der Waals surface area contributed by atoms with Crippen LogP contribution in [0, 0.1) is 0 Å². The molecule has 2 N–H and O–H groups in total. The predicted octanol–water partition coefficient (Wildman–Crippen LogP) is 3.98. The van der Waals surface area contributed by atoms with Gasteiger partial charge in [0.1, 0.15) is 6.54 Å². The quantitative estimate of drug-likeness (QED) is 0.468. The summed E-state index contributed by atoms with van der Waals surface area (Å²) in [6.45, 7) is 4.34. The van der Waals surface area contributed by atoms with E-state index in [2.05, 4.69) is 15.3 Å². The molecule has 6 rings (SSSR count). The molecule has 4 heterocycles. The van der Waals surface area contributed by atoms with Crippen LogP contribution in [0.15, 0.2) is 42.6 Å². The van der Waals surface area contributed by atoms with Crippen LogP contribution < -0.4 is 5.32 Å². The van der Waals surface area contributed by atoms with Gasteiger partial charge in [-0.05, 0) is 54.5 Å². The number of aliphatic hydroxyl groups is 1. The lowest BCUT2D eigenvalue weighted by Gasteiger charge is -2.37. The van der Waals surface area contributed by atoms with Crippen molar-refractivity contribution in [2.45, 2.75) is 51.4 Å². The number of aromatic nitrogens is 2. The van der Waals surface area contributed by atoms with Crippen LogP contribution >= 0.6 is 11.6 Å². The van der Waals surface area contributed by atoms with E-state index < -0.39 is 0 Å². The van der Waals surface area contributed by atoms with E-state index in [9.17, 15) is 14.7 Å². The number of hydrogen-bond acceptors (Lipinski definition) is 7. The number of halogens is 1. The number of amides is 2. The van der Waals surface area contributed by atoms with Crippen LogP contribution in [-0.2, 0) is 29.1 Å². The molecule has 3 aromatic rings. The molecule has 1 aromatic heterocycles. The van der Waals surface area contributed by atoms with Crippen molar-refractivity contribution in [2.75, 3.05) is 31.6 Å². The van der Waals surface area contributed by atoms with Gasteiger partial charge >= 0.3 is 0 Å². The third-order valence-electron chi connectivity index (χ3n) is 8.21. The second kappa shape index (κ2) is 11.2. The van der Waals surface area contributed by atoms with Gasteiger partial charge in [0.25, 0.3) is 5.91 Å². The molecule has 1 saturated heterocycles. The highest BCUT2D eigenvalue weighted by atomic mass is 35.5. The first-order valence-electron chi connectivity index (χ1n) is 13.7. The molecule has 0 spiro atoms. The van der Waals surface area contributed by atoms with Gasteiger partial charge in [0, 0.05) is 43.5 Å². The smallest absolute Gasteiger partial charge is 0.254 e. The largest absolute Gasteiger partial charge is 0.392 e. The molecule has 1 unspecified atom stereocenters. The minimum atomic E-state index is -0.177. The average molecular weight is 562 g/mol. The molecule has 2 aromatic carbocycles. The molecule has 1 atom stereocenters. The van der Waals surface area contributed by atoms with Crippen LogP contribution in [0.5, 0.6) is 0 Å². The Morgan fingerprint density at radius 1 is 1.23 bits per heavy atom. The van der Waals surface area contributed by atoms with Crippen LogP contribution in [0.4, 0.5) is 5.95 Å². The Bertz CT molecular complexity index is 1460. The lowest BCUT2D eigenvalue weighted by atomic mass is 9.90. The number of nitrogens with one attached hydrogen (secondary N) is 1. The molecule has 1 fully saturated rings. The van der Waals surface area contributed by atoms with Gasteiger partial charge in [0.2, 0.25) is 11.9 Å². The molecule has 9 nitrogen and oxygen atoms in total. The maximum absolute atomic E-state index is 13.4. The summed E-state index contributed by atoms with van der Waals surface area (Å²) < 4.78 is 5.43. The summed E-state index contributed by atoms with van der Waals surface area (Å²) >= 11 is 6.48. The first kappa shape index (κ1) is 26.7. The van der Waals surface area contributed by atoms with E-state index in [4.69, 9.17) is 16.3 Å². The van der Waals surface area contributed by atoms with Gasteiger partial charge in [-0.25, -0.2) is 9.97 Å². The molecule has 0 radical (unpaired) electrons. The number of hydrogen-bond donors (Lipinski definition) is 2. The average Bonchev–Trinajstić information content (AvgIpc) is 3.28. The lowest BCUT2D eigenvalue weighted by molar-refractivity contribution is -0.134. The van der Waals surface area contributed by atoms with E-state index in [0.717, 1.165) is 40.7 Å². The molecule has 0 bridgehead atoms. The fraction of sp³-hybridized carbons (Fsp3) is 0.400. The number of anilines is 1. The van der Waals surface area contributed by atoms with Crippen LogP contribution in [0.2, 0.25) is 5.02 Å². The van der Waals surface area contributed by atoms with Crippen LogP contribution in [0.1, 0.15) is 58.4 Å². The van der Waals surface area contributed by atoms with Gasteiger partial charge in [-0.1, -0.05) is 41.9 Å². The van der Waals surface area contributed by atoms with Crippen molar-refractivity contribution in [1.82, 2.24) is 19.8 Å². The fourth-order valence-electron chi connectivity index (χ4n) is 5.99. The Morgan fingerprint density at radius 3 is 2.85 bits per heavy atom. The summed E-state index contributed by atoms with van der Waals surface area (Å²) in [6, 6.07) is 11.6. The normalized spacial score (nSPS) is 19.0. The summed E-state index contributed by atoms with van der Waals surface area (Å²) in [6.07, 6.45) is 4.03. The topological polar surface area (TPSA) is 108 Å². The van der Waals surface area contributed by atoms with Crippen molar-refractivity contribution in [1.29, 1.82) is 0 Å². The second-order valence-electron chi connectivity index (χ2n) is 10.6. The Balaban J connectivity index is 1.17. The van der Waals surface area contributed by atoms with Crippen molar-refractivity contribution >= 4 is 29.4 Å². The molecular weight excluding hydrogens is 530 g/mol. The van der Waals surface area contributed by atoms with E-state index in [1.807, 2.05) is 48.2 Å². The second-order valence-corrected chi connectivity index (χ2v) is 11.0. The maximum Gasteiger partial charge on any atom is 0.254 e. The first-order chi connectivity index (χ1) is 19.4. The number of aliphatic hydroxyl groups excluding tert-OH is 1. The lowest BCUT2D eigenvalue weighted by Crippen LogP contribution is -2.44. The minimum Gasteiger partial charge on any atom is -0.392 e. The summed E-state index contributed by atoms with van der Waals surface area (Å²) in [5, 5.41) is 13.5.